The fraction of sp³-hybridized carbons (Fsp3) is 0.565. The van der Waals surface area contributed by atoms with Gasteiger partial charge < -0.3 is 15.4 Å². The number of urea groups is 1. The van der Waals surface area contributed by atoms with Crippen LogP contribution in [0.5, 0.6) is 5.75 Å². The van der Waals surface area contributed by atoms with Gasteiger partial charge in [0.15, 0.2) is 0 Å². The maximum atomic E-state index is 12.4. The zero-order chi connectivity index (χ0) is 20.6. The van der Waals surface area contributed by atoms with E-state index in [0.29, 0.717) is 0 Å². The number of carbonyl (C=O) groups excluding carboxylic acids is 1. The molecule has 6 heteroatoms. The molecule has 1 aromatic heterocycles. The Morgan fingerprint density at radius 1 is 1.21 bits per heavy atom. The molecule has 0 saturated carbocycles. The number of benzene rings is 1. The number of anilines is 1. The lowest BCUT2D eigenvalue weighted by molar-refractivity contribution is 0.202. The van der Waals surface area contributed by atoms with Crippen LogP contribution in [-0.4, -0.2) is 48.7 Å². The summed E-state index contributed by atoms with van der Waals surface area (Å²) < 4.78 is 5.37. The first-order valence-corrected chi connectivity index (χ1v) is 10.9. The van der Waals surface area contributed by atoms with Gasteiger partial charge in [0, 0.05) is 30.7 Å². The molecule has 2 amide bonds. The summed E-state index contributed by atoms with van der Waals surface area (Å²) in [6, 6.07) is 7.31. The predicted molar refractivity (Wildman–Crippen MR) is 119 cm³/mol. The van der Waals surface area contributed by atoms with Gasteiger partial charge in [-0.1, -0.05) is 32.6 Å². The van der Waals surface area contributed by atoms with Gasteiger partial charge in [0.2, 0.25) is 0 Å². The molecule has 2 heterocycles. The Hall–Kier alpha value is -2.34. The van der Waals surface area contributed by atoms with Crippen LogP contribution in [0.25, 0.3) is 10.9 Å². The van der Waals surface area contributed by atoms with E-state index in [4.69, 9.17) is 10.5 Å². The van der Waals surface area contributed by atoms with Gasteiger partial charge in [-0.05, 0) is 50.1 Å². The van der Waals surface area contributed by atoms with Gasteiger partial charge in [0.05, 0.1) is 18.3 Å². The molecule has 158 valence electrons. The summed E-state index contributed by atoms with van der Waals surface area (Å²) in [6.07, 6.45) is 10.1. The van der Waals surface area contributed by atoms with Crippen molar-refractivity contribution in [3.8, 4) is 5.75 Å². The minimum Gasteiger partial charge on any atom is -0.497 e. The summed E-state index contributed by atoms with van der Waals surface area (Å²) in [7, 11) is 1.64. The van der Waals surface area contributed by atoms with Crippen LogP contribution in [0.15, 0.2) is 30.5 Å². The molecule has 2 aromatic rings. The summed E-state index contributed by atoms with van der Waals surface area (Å²) in [5.41, 5.74) is 7.50. The monoisotopic (exact) mass is 398 g/mol. The number of primary amides is 1. The number of nitrogens with zero attached hydrogens (tertiary/aromatic N) is 3. The van der Waals surface area contributed by atoms with Crippen LogP contribution in [0.2, 0.25) is 0 Å². The van der Waals surface area contributed by atoms with E-state index >= 15 is 0 Å². The van der Waals surface area contributed by atoms with Crippen molar-refractivity contribution in [1.29, 1.82) is 0 Å². The number of ether oxygens (including phenoxy) is 1. The Morgan fingerprint density at radius 2 is 1.97 bits per heavy atom. The second-order valence-corrected chi connectivity index (χ2v) is 7.91. The Balaban J connectivity index is 1.69. The van der Waals surface area contributed by atoms with Crippen LogP contribution in [0.1, 0.15) is 51.9 Å². The molecule has 1 aliphatic heterocycles. The van der Waals surface area contributed by atoms with Gasteiger partial charge in [0.1, 0.15) is 5.75 Å². The van der Waals surface area contributed by atoms with Crippen molar-refractivity contribution >= 4 is 22.6 Å². The SMILES string of the molecule is CCCCCCCN1CCC(N(C(N)=O)c2ccnc3ccc(OC)cc23)CC1. The largest absolute Gasteiger partial charge is 0.497 e. The smallest absolute Gasteiger partial charge is 0.319 e. The first kappa shape index (κ1) is 21.4. The molecule has 0 radical (unpaired) electrons. The lowest BCUT2D eigenvalue weighted by Crippen LogP contribution is -2.49. The van der Waals surface area contributed by atoms with Crippen molar-refractivity contribution in [3.63, 3.8) is 0 Å². The molecule has 1 aromatic carbocycles. The van der Waals surface area contributed by atoms with E-state index in [1.54, 1.807) is 18.2 Å². The summed E-state index contributed by atoms with van der Waals surface area (Å²) in [5.74, 6) is 0.745. The maximum absolute atomic E-state index is 12.4. The average molecular weight is 399 g/mol. The van der Waals surface area contributed by atoms with Crippen LogP contribution >= 0.6 is 0 Å². The normalized spacial score (nSPS) is 15.5. The Morgan fingerprint density at radius 3 is 2.66 bits per heavy atom. The first-order valence-electron chi connectivity index (χ1n) is 10.9. The van der Waals surface area contributed by atoms with Crippen molar-refractivity contribution in [2.45, 2.75) is 57.9 Å². The molecule has 1 aliphatic rings. The number of methoxy groups -OCH3 is 1. The molecule has 0 bridgehead atoms. The third-order valence-electron chi connectivity index (χ3n) is 5.92. The van der Waals surface area contributed by atoms with Crippen LogP contribution in [0, 0.1) is 0 Å². The second-order valence-electron chi connectivity index (χ2n) is 7.91. The second kappa shape index (κ2) is 10.4. The lowest BCUT2D eigenvalue weighted by atomic mass is 10.0. The van der Waals surface area contributed by atoms with Gasteiger partial charge >= 0.3 is 6.03 Å². The van der Waals surface area contributed by atoms with Gasteiger partial charge in [-0.3, -0.25) is 9.88 Å². The molecule has 1 saturated heterocycles. The Labute approximate surface area is 174 Å². The van der Waals surface area contributed by atoms with E-state index in [2.05, 4.69) is 16.8 Å². The molecule has 2 N–H and O–H groups in total. The third kappa shape index (κ3) is 5.38. The highest BCUT2D eigenvalue weighted by molar-refractivity contribution is 6.02. The van der Waals surface area contributed by atoms with E-state index in [9.17, 15) is 4.79 Å². The molecular formula is C23H34N4O2. The van der Waals surface area contributed by atoms with Crippen LogP contribution < -0.4 is 15.4 Å². The molecule has 3 rings (SSSR count). The number of aromatic nitrogens is 1. The van der Waals surface area contributed by atoms with E-state index in [1.807, 2.05) is 24.3 Å². The molecule has 0 spiro atoms. The topological polar surface area (TPSA) is 71.7 Å². The van der Waals surface area contributed by atoms with E-state index in [0.717, 1.165) is 54.8 Å². The quantitative estimate of drug-likeness (QED) is 0.628. The lowest BCUT2D eigenvalue weighted by Gasteiger charge is -2.38. The predicted octanol–water partition coefficient (Wildman–Crippen LogP) is 4.56. The first-order chi connectivity index (χ1) is 14.1. The molecule has 0 atom stereocenters. The third-order valence-corrected chi connectivity index (χ3v) is 5.92. The van der Waals surface area contributed by atoms with E-state index < -0.39 is 6.03 Å². The summed E-state index contributed by atoms with van der Waals surface area (Å²) in [5, 5.41) is 0.893. The number of piperidine rings is 1. The van der Waals surface area contributed by atoms with Crippen molar-refractivity contribution < 1.29 is 9.53 Å². The van der Waals surface area contributed by atoms with Crippen LogP contribution in [0.4, 0.5) is 10.5 Å². The fourth-order valence-corrected chi connectivity index (χ4v) is 4.28. The average Bonchev–Trinajstić information content (AvgIpc) is 2.74. The van der Waals surface area contributed by atoms with Gasteiger partial charge in [-0.15, -0.1) is 0 Å². The van der Waals surface area contributed by atoms with Gasteiger partial charge in [-0.25, -0.2) is 4.79 Å². The molecular weight excluding hydrogens is 364 g/mol. The molecule has 0 unspecified atom stereocenters. The highest BCUT2D eigenvalue weighted by Gasteiger charge is 2.29. The van der Waals surface area contributed by atoms with Crippen LogP contribution in [-0.2, 0) is 0 Å². The summed E-state index contributed by atoms with van der Waals surface area (Å²) in [4.78, 5) is 21.2. The number of nitrogens with two attached hydrogens (primary N) is 1. The molecule has 0 aliphatic carbocycles. The standard InChI is InChI=1S/C23H34N4O2/c1-3-4-5-6-7-14-26-15-11-18(12-16-26)27(23(24)28)22-10-13-25-21-9-8-19(29-2)17-20(21)22/h8-10,13,17-18H,3-7,11-12,14-16H2,1-2H3,(H2,24,28). The number of pyridine rings is 1. The Bertz CT molecular complexity index is 803. The number of fused-ring (bicyclic) bond motifs is 1. The highest BCUT2D eigenvalue weighted by atomic mass is 16.5. The van der Waals surface area contributed by atoms with Gasteiger partial charge in [-0.2, -0.15) is 0 Å². The summed E-state index contributed by atoms with van der Waals surface area (Å²) >= 11 is 0. The number of rotatable bonds is 9. The number of likely N-dealkylation sites (tertiary alicyclic amines) is 1. The maximum Gasteiger partial charge on any atom is 0.319 e. The number of amides is 2. The number of carbonyl (C=O) groups is 1. The number of hydrogen-bond donors (Lipinski definition) is 1. The minimum absolute atomic E-state index is 0.112. The van der Waals surface area contributed by atoms with Gasteiger partial charge in [0.25, 0.3) is 0 Å². The Kier molecular flexibility index (Phi) is 7.69. The van der Waals surface area contributed by atoms with Crippen LogP contribution in [0.3, 0.4) is 0 Å². The van der Waals surface area contributed by atoms with Crippen molar-refractivity contribution in [1.82, 2.24) is 9.88 Å². The molecule has 6 nitrogen and oxygen atoms in total. The van der Waals surface area contributed by atoms with E-state index in [1.165, 1.54) is 32.1 Å². The fourth-order valence-electron chi connectivity index (χ4n) is 4.28. The van der Waals surface area contributed by atoms with Crippen molar-refractivity contribution in [3.05, 3.63) is 30.5 Å². The van der Waals surface area contributed by atoms with E-state index in [-0.39, 0.29) is 6.04 Å². The zero-order valence-corrected chi connectivity index (χ0v) is 17.8. The zero-order valence-electron chi connectivity index (χ0n) is 17.8. The molecule has 1 fully saturated rings. The van der Waals surface area contributed by atoms with Crippen molar-refractivity contribution in [2.75, 3.05) is 31.6 Å². The minimum atomic E-state index is -0.404. The molecule has 29 heavy (non-hydrogen) atoms. The van der Waals surface area contributed by atoms with Crippen molar-refractivity contribution in [2.24, 2.45) is 5.73 Å². The highest BCUT2D eigenvalue weighted by Crippen LogP contribution is 2.32. The number of hydrogen-bond acceptors (Lipinski definition) is 4. The number of unbranched alkanes of at least 4 members (excludes halogenated alkanes) is 4. The summed E-state index contributed by atoms with van der Waals surface area (Å²) in [6.45, 7) is 5.42.